The summed E-state index contributed by atoms with van der Waals surface area (Å²) in [6.45, 7) is 1.95. The van der Waals surface area contributed by atoms with E-state index in [-0.39, 0.29) is 17.2 Å². The van der Waals surface area contributed by atoms with Crippen LogP contribution in [-0.4, -0.2) is 17.2 Å². The summed E-state index contributed by atoms with van der Waals surface area (Å²) in [7, 11) is 0. The average Bonchev–Trinajstić information content (AvgIpc) is 3.05. The first-order chi connectivity index (χ1) is 13.0. The fourth-order valence-electron chi connectivity index (χ4n) is 2.50. The molecule has 0 radical (unpaired) electrons. The third-order valence-electron chi connectivity index (χ3n) is 3.90. The van der Waals surface area contributed by atoms with Gasteiger partial charge in [-0.25, -0.2) is 9.59 Å². The van der Waals surface area contributed by atoms with Gasteiger partial charge in [0.05, 0.1) is 0 Å². The van der Waals surface area contributed by atoms with Crippen LogP contribution in [0.3, 0.4) is 0 Å². The predicted molar refractivity (Wildman–Crippen MR) is 107 cm³/mol. The van der Waals surface area contributed by atoms with Crippen LogP contribution in [0.4, 0.5) is 9.80 Å². The molecule has 27 heavy (non-hydrogen) atoms. The monoisotopic (exact) mass is 401 g/mol. The van der Waals surface area contributed by atoms with Crippen molar-refractivity contribution in [2.24, 2.45) is 0 Å². The molecular weight excluding hydrogens is 386 g/mol. The van der Waals surface area contributed by atoms with Gasteiger partial charge in [-0.05, 0) is 18.6 Å². The lowest BCUT2D eigenvalue weighted by Crippen LogP contribution is -2.15. The summed E-state index contributed by atoms with van der Waals surface area (Å²) in [6, 6.07) is 14.5. The largest absolute Gasteiger partial charge is 0.478 e. The molecule has 2 N–H and O–H groups in total. The minimum Gasteiger partial charge on any atom is -0.478 e. The van der Waals surface area contributed by atoms with Crippen molar-refractivity contribution >= 4 is 40.0 Å². The van der Waals surface area contributed by atoms with E-state index in [1.165, 1.54) is 0 Å². The predicted octanol–water partition coefficient (Wildman–Crippen LogP) is 5.82. The van der Waals surface area contributed by atoms with Gasteiger partial charge in [-0.15, -0.1) is 11.3 Å². The molecule has 138 valence electrons. The van der Waals surface area contributed by atoms with Gasteiger partial charge < -0.3 is 9.84 Å². The van der Waals surface area contributed by atoms with Crippen molar-refractivity contribution in [3.05, 3.63) is 75.6 Å². The standard InChI is InChI=1S/C20H16ClNO4S/c1-12-6-8-13(9-7-12)15-11-27-18(17(15)19(23)24)22-20(25)26-10-14-4-2-3-5-16(14)21/h2-9,11H,10H2,1H3,(H,22,25)(H,23,24). The maximum absolute atomic E-state index is 12.1. The summed E-state index contributed by atoms with van der Waals surface area (Å²) in [4.78, 5) is 23.8. The van der Waals surface area contributed by atoms with E-state index >= 15 is 0 Å². The van der Waals surface area contributed by atoms with Crippen molar-refractivity contribution in [3.8, 4) is 11.1 Å². The highest BCUT2D eigenvalue weighted by molar-refractivity contribution is 7.15. The zero-order chi connectivity index (χ0) is 19.4. The lowest BCUT2D eigenvalue weighted by Gasteiger charge is -2.08. The van der Waals surface area contributed by atoms with Crippen LogP contribution in [0.2, 0.25) is 5.02 Å². The van der Waals surface area contributed by atoms with Crippen LogP contribution >= 0.6 is 22.9 Å². The number of nitrogens with one attached hydrogen (secondary N) is 1. The van der Waals surface area contributed by atoms with Gasteiger partial charge in [-0.2, -0.15) is 0 Å². The lowest BCUT2D eigenvalue weighted by molar-refractivity contribution is 0.0699. The van der Waals surface area contributed by atoms with E-state index in [0.717, 1.165) is 22.5 Å². The van der Waals surface area contributed by atoms with Gasteiger partial charge in [-0.1, -0.05) is 59.6 Å². The normalized spacial score (nSPS) is 10.4. The molecule has 3 rings (SSSR count). The SMILES string of the molecule is Cc1ccc(-c2csc(NC(=O)OCc3ccccc3Cl)c2C(=O)O)cc1. The maximum Gasteiger partial charge on any atom is 0.412 e. The molecule has 0 fully saturated rings. The Morgan fingerprint density at radius 1 is 1.15 bits per heavy atom. The molecule has 0 atom stereocenters. The van der Waals surface area contributed by atoms with E-state index in [0.29, 0.717) is 16.1 Å². The fraction of sp³-hybridized carbons (Fsp3) is 0.100. The smallest absolute Gasteiger partial charge is 0.412 e. The van der Waals surface area contributed by atoms with Gasteiger partial charge in [0.15, 0.2) is 0 Å². The number of carbonyl (C=O) groups is 2. The molecule has 5 nitrogen and oxygen atoms in total. The number of aromatic carboxylic acids is 1. The van der Waals surface area contributed by atoms with Crippen LogP contribution < -0.4 is 5.32 Å². The number of carboxylic acid groups (broad SMARTS) is 1. The molecule has 0 aliphatic rings. The summed E-state index contributed by atoms with van der Waals surface area (Å²) < 4.78 is 5.16. The number of thiophene rings is 1. The molecule has 0 saturated carbocycles. The van der Waals surface area contributed by atoms with Gasteiger partial charge in [0.25, 0.3) is 0 Å². The molecule has 0 spiro atoms. The van der Waals surface area contributed by atoms with Gasteiger partial charge in [0.1, 0.15) is 17.2 Å². The number of rotatable bonds is 5. The van der Waals surface area contributed by atoms with Crippen molar-refractivity contribution in [2.75, 3.05) is 5.32 Å². The molecule has 1 aromatic heterocycles. The Labute approximate surface area is 165 Å². The summed E-state index contributed by atoms with van der Waals surface area (Å²) in [5.74, 6) is -1.12. The number of amides is 1. The van der Waals surface area contributed by atoms with E-state index in [4.69, 9.17) is 16.3 Å². The van der Waals surface area contributed by atoms with Crippen LogP contribution in [0.1, 0.15) is 21.5 Å². The first-order valence-electron chi connectivity index (χ1n) is 8.04. The van der Waals surface area contributed by atoms with Gasteiger partial charge in [-0.3, -0.25) is 5.32 Å². The highest BCUT2D eigenvalue weighted by Gasteiger charge is 2.21. The quantitative estimate of drug-likeness (QED) is 0.564. The van der Waals surface area contributed by atoms with Crippen LogP contribution in [-0.2, 0) is 11.3 Å². The first-order valence-corrected chi connectivity index (χ1v) is 9.30. The van der Waals surface area contributed by atoms with Crippen LogP contribution in [0.5, 0.6) is 0 Å². The molecule has 3 aromatic rings. The Bertz CT molecular complexity index is 982. The van der Waals surface area contributed by atoms with Crippen LogP contribution in [0, 0.1) is 6.92 Å². The zero-order valence-corrected chi connectivity index (χ0v) is 15.9. The summed E-state index contributed by atoms with van der Waals surface area (Å²) in [6.07, 6.45) is -0.741. The fourth-order valence-corrected chi connectivity index (χ4v) is 3.63. The molecule has 0 aliphatic carbocycles. The second-order valence-corrected chi connectivity index (χ2v) is 7.10. The number of hydrogen-bond donors (Lipinski definition) is 2. The van der Waals surface area contributed by atoms with E-state index < -0.39 is 12.1 Å². The van der Waals surface area contributed by atoms with E-state index in [1.54, 1.807) is 29.6 Å². The lowest BCUT2D eigenvalue weighted by atomic mass is 10.0. The van der Waals surface area contributed by atoms with Crippen molar-refractivity contribution in [1.82, 2.24) is 0 Å². The van der Waals surface area contributed by atoms with Crippen molar-refractivity contribution in [2.45, 2.75) is 13.5 Å². The van der Waals surface area contributed by atoms with Gasteiger partial charge in [0.2, 0.25) is 0 Å². The molecule has 7 heteroatoms. The average molecular weight is 402 g/mol. The molecular formula is C20H16ClNO4S. The third-order valence-corrected chi connectivity index (χ3v) is 5.16. The molecule has 0 unspecified atom stereocenters. The maximum atomic E-state index is 12.1. The molecule has 0 saturated heterocycles. The molecule has 1 heterocycles. The van der Waals surface area contributed by atoms with Crippen molar-refractivity contribution in [3.63, 3.8) is 0 Å². The molecule has 0 aliphatic heterocycles. The second-order valence-electron chi connectivity index (χ2n) is 5.82. The first kappa shape index (κ1) is 18.9. The number of ether oxygens (including phenoxy) is 1. The van der Waals surface area contributed by atoms with Gasteiger partial charge in [0, 0.05) is 21.5 Å². The highest BCUT2D eigenvalue weighted by Crippen LogP contribution is 2.35. The molecule has 2 aromatic carbocycles. The number of anilines is 1. The minimum absolute atomic E-state index is 0.00982. The van der Waals surface area contributed by atoms with Crippen LogP contribution in [0.15, 0.2) is 53.9 Å². The number of carboxylic acids is 1. The minimum atomic E-state index is -1.12. The Balaban J connectivity index is 1.76. The Morgan fingerprint density at radius 3 is 2.52 bits per heavy atom. The summed E-state index contributed by atoms with van der Waals surface area (Å²) in [5, 5.41) is 14.5. The van der Waals surface area contributed by atoms with Crippen LogP contribution in [0.25, 0.3) is 11.1 Å². The van der Waals surface area contributed by atoms with E-state index in [1.807, 2.05) is 31.2 Å². The second kappa shape index (κ2) is 8.24. The Morgan fingerprint density at radius 2 is 1.85 bits per heavy atom. The molecule has 0 bridgehead atoms. The number of hydrogen-bond acceptors (Lipinski definition) is 4. The highest BCUT2D eigenvalue weighted by atomic mass is 35.5. The Kier molecular flexibility index (Phi) is 5.78. The number of benzene rings is 2. The van der Waals surface area contributed by atoms with Gasteiger partial charge >= 0.3 is 12.1 Å². The van der Waals surface area contributed by atoms with Crippen molar-refractivity contribution < 1.29 is 19.4 Å². The summed E-state index contributed by atoms with van der Waals surface area (Å²) >= 11 is 7.17. The number of carbonyl (C=O) groups excluding carboxylic acids is 1. The third kappa shape index (κ3) is 4.48. The van der Waals surface area contributed by atoms with Crippen molar-refractivity contribution in [1.29, 1.82) is 0 Å². The Hall–Kier alpha value is -2.83. The number of aryl methyl sites for hydroxylation is 1. The zero-order valence-electron chi connectivity index (χ0n) is 14.4. The van der Waals surface area contributed by atoms with E-state index in [9.17, 15) is 14.7 Å². The number of halogens is 1. The molecule has 1 amide bonds. The van der Waals surface area contributed by atoms with E-state index in [2.05, 4.69) is 5.32 Å². The topological polar surface area (TPSA) is 75.6 Å². The summed E-state index contributed by atoms with van der Waals surface area (Å²) in [5.41, 5.74) is 3.10.